The van der Waals surface area contributed by atoms with Gasteiger partial charge in [0.25, 0.3) is 0 Å². The fraction of sp³-hybridized carbons (Fsp3) is 0.360. The lowest BCUT2D eigenvalue weighted by molar-refractivity contribution is -0.131. The molecule has 34 heavy (non-hydrogen) atoms. The maximum atomic E-state index is 13.3. The van der Waals surface area contributed by atoms with Crippen LogP contribution in [0.4, 0.5) is 0 Å². The van der Waals surface area contributed by atoms with E-state index >= 15 is 0 Å². The molecule has 1 aliphatic heterocycles. The molecule has 0 radical (unpaired) electrons. The largest absolute Gasteiger partial charge is 0.497 e. The van der Waals surface area contributed by atoms with Gasteiger partial charge in [0.1, 0.15) is 11.5 Å². The molecule has 9 heteroatoms. The molecule has 0 spiro atoms. The van der Waals surface area contributed by atoms with Crippen molar-refractivity contribution in [2.24, 2.45) is 0 Å². The quantitative estimate of drug-likeness (QED) is 0.332. The minimum Gasteiger partial charge on any atom is -0.497 e. The van der Waals surface area contributed by atoms with Crippen molar-refractivity contribution in [3.8, 4) is 17.2 Å². The zero-order valence-corrected chi connectivity index (χ0v) is 21.0. The van der Waals surface area contributed by atoms with E-state index in [1.807, 2.05) is 30.3 Å². The molecule has 1 fully saturated rings. The van der Waals surface area contributed by atoms with Gasteiger partial charge in [-0.05, 0) is 59.3 Å². The number of carbonyl (C=O) groups is 2. The molecule has 3 aromatic rings. The summed E-state index contributed by atoms with van der Waals surface area (Å²) < 4.78 is 24.4. The van der Waals surface area contributed by atoms with Gasteiger partial charge >= 0.3 is 11.9 Å². The third kappa shape index (κ3) is 4.96. The number of fused-ring (bicyclic) bond motifs is 1. The topological polar surface area (TPSA) is 79.2 Å². The maximum absolute atomic E-state index is 13.3. The van der Waals surface area contributed by atoms with E-state index in [1.165, 1.54) is 6.92 Å². The second-order valence-electron chi connectivity index (χ2n) is 7.86. The summed E-state index contributed by atoms with van der Waals surface area (Å²) >= 11 is 3.52. The van der Waals surface area contributed by atoms with Crippen LogP contribution in [0.1, 0.15) is 29.9 Å². The Labute approximate surface area is 206 Å². The van der Waals surface area contributed by atoms with E-state index in [0.29, 0.717) is 40.9 Å². The van der Waals surface area contributed by atoms with Gasteiger partial charge in [-0.1, -0.05) is 0 Å². The zero-order valence-electron chi connectivity index (χ0n) is 19.4. The van der Waals surface area contributed by atoms with Crippen molar-refractivity contribution in [2.75, 3.05) is 40.0 Å². The Bertz CT molecular complexity index is 1200. The third-order valence-corrected chi connectivity index (χ3v) is 6.28. The first kappa shape index (κ1) is 24.3. The van der Waals surface area contributed by atoms with Crippen molar-refractivity contribution in [3.63, 3.8) is 0 Å². The summed E-state index contributed by atoms with van der Waals surface area (Å²) in [5.41, 5.74) is 2.92. The van der Waals surface area contributed by atoms with Gasteiger partial charge in [0.2, 0.25) is 0 Å². The number of ether oxygens (including phenoxy) is 4. The molecule has 2 aromatic carbocycles. The molecule has 8 nitrogen and oxygen atoms in total. The highest BCUT2D eigenvalue weighted by molar-refractivity contribution is 9.10. The number of halogens is 1. The van der Waals surface area contributed by atoms with Crippen molar-refractivity contribution in [1.82, 2.24) is 9.47 Å². The molecule has 0 amide bonds. The van der Waals surface area contributed by atoms with Crippen LogP contribution in [0.2, 0.25) is 0 Å². The number of aromatic nitrogens is 1. The van der Waals surface area contributed by atoms with Gasteiger partial charge in [0.15, 0.2) is 0 Å². The van der Waals surface area contributed by atoms with Gasteiger partial charge in [0.05, 0.1) is 48.2 Å². The Morgan fingerprint density at radius 3 is 2.44 bits per heavy atom. The maximum Gasteiger partial charge on any atom is 0.340 e. The Morgan fingerprint density at radius 2 is 1.82 bits per heavy atom. The van der Waals surface area contributed by atoms with Crippen LogP contribution in [0, 0.1) is 0 Å². The number of benzene rings is 2. The second kappa shape index (κ2) is 10.6. The van der Waals surface area contributed by atoms with E-state index < -0.39 is 11.9 Å². The van der Waals surface area contributed by atoms with Gasteiger partial charge in [0, 0.05) is 37.6 Å². The summed E-state index contributed by atoms with van der Waals surface area (Å²) in [5, 5.41) is 0.650. The van der Waals surface area contributed by atoms with E-state index in [0.717, 1.165) is 35.7 Å². The fourth-order valence-corrected chi connectivity index (χ4v) is 4.56. The lowest BCUT2D eigenvalue weighted by Gasteiger charge is -2.27. The van der Waals surface area contributed by atoms with Crippen LogP contribution in [-0.2, 0) is 20.8 Å². The van der Waals surface area contributed by atoms with Gasteiger partial charge in [-0.25, -0.2) is 4.79 Å². The minimum atomic E-state index is -0.444. The van der Waals surface area contributed by atoms with Gasteiger partial charge in [-0.15, -0.1) is 0 Å². The number of hydrogen-bond donors (Lipinski definition) is 0. The van der Waals surface area contributed by atoms with Crippen LogP contribution in [0.5, 0.6) is 11.5 Å². The van der Waals surface area contributed by atoms with Crippen LogP contribution in [0.3, 0.4) is 0 Å². The molecule has 1 aromatic heterocycles. The normalized spacial score (nSPS) is 14.2. The van der Waals surface area contributed by atoms with Crippen LogP contribution < -0.4 is 9.47 Å². The smallest absolute Gasteiger partial charge is 0.340 e. The van der Waals surface area contributed by atoms with E-state index in [9.17, 15) is 9.59 Å². The first-order chi connectivity index (χ1) is 16.4. The highest BCUT2D eigenvalue weighted by Gasteiger charge is 2.28. The van der Waals surface area contributed by atoms with Crippen molar-refractivity contribution in [1.29, 1.82) is 0 Å². The molecule has 0 unspecified atom stereocenters. The average Bonchev–Trinajstić information content (AvgIpc) is 3.12. The van der Waals surface area contributed by atoms with E-state index in [2.05, 4.69) is 25.4 Å². The van der Waals surface area contributed by atoms with Crippen LogP contribution in [0.25, 0.3) is 16.6 Å². The summed E-state index contributed by atoms with van der Waals surface area (Å²) in [7, 11) is 1.62. The molecule has 180 valence electrons. The summed E-state index contributed by atoms with van der Waals surface area (Å²) in [6, 6.07) is 11.2. The van der Waals surface area contributed by atoms with Crippen LogP contribution in [-0.4, -0.2) is 61.4 Å². The molecule has 0 saturated carbocycles. The Morgan fingerprint density at radius 1 is 1.12 bits per heavy atom. The Hall–Kier alpha value is -2.88. The molecule has 2 heterocycles. The first-order valence-corrected chi connectivity index (χ1v) is 11.9. The van der Waals surface area contributed by atoms with Crippen molar-refractivity contribution < 1.29 is 28.5 Å². The average molecular weight is 531 g/mol. The molecule has 0 atom stereocenters. The Balaban J connectivity index is 1.99. The van der Waals surface area contributed by atoms with Gasteiger partial charge in [-0.3, -0.25) is 9.69 Å². The number of methoxy groups -OCH3 is 1. The van der Waals surface area contributed by atoms with E-state index in [4.69, 9.17) is 18.9 Å². The van der Waals surface area contributed by atoms with E-state index in [1.54, 1.807) is 20.1 Å². The number of rotatable bonds is 7. The molecule has 4 rings (SSSR count). The molecule has 1 aliphatic rings. The lowest BCUT2D eigenvalue weighted by Crippen LogP contribution is -2.36. The predicted octanol–water partition coefficient (Wildman–Crippen LogP) is 4.34. The highest BCUT2D eigenvalue weighted by Crippen LogP contribution is 2.38. The molecular formula is C25H27BrN2O6. The molecular weight excluding hydrogens is 504 g/mol. The number of hydrogen-bond acceptors (Lipinski definition) is 7. The fourth-order valence-electron chi connectivity index (χ4n) is 4.15. The number of carbonyl (C=O) groups excluding carboxylic acids is 2. The summed E-state index contributed by atoms with van der Waals surface area (Å²) in [6.45, 7) is 6.69. The SMILES string of the molecule is CCOC(=O)c1c(CN2CCOCC2)n(-c2ccc(OC)cc2)c2cc(Br)c(OC(C)=O)cc12. The van der Waals surface area contributed by atoms with Gasteiger partial charge < -0.3 is 23.5 Å². The molecule has 0 N–H and O–H groups in total. The van der Waals surface area contributed by atoms with Crippen molar-refractivity contribution in [3.05, 3.63) is 52.1 Å². The summed E-state index contributed by atoms with van der Waals surface area (Å²) in [5.74, 6) is 0.217. The zero-order chi connectivity index (χ0) is 24.2. The molecule has 1 saturated heterocycles. The first-order valence-electron chi connectivity index (χ1n) is 11.1. The summed E-state index contributed by atoms with van der Waals surface area (Å²) in [4.78, 5) is 27.2. The molecule has 0 aliphatic carbocycles. The number of esters is 2. The lowest BCUT2D eigenvalue weighted by atomic mass is 10.1. The summed E-state index contributed by atoms with van der Waals surface area (Å²) in [6.07, 6.45) is 0. The molecule has 0 bridgehead atoms. The van der Waals surface area contributed by atoms with Gasteiger partial charge in [-0.2, -0.15) is 0 Å². The Kier molecular flexibility index (Phi) is 7.55. The van der Waals surface area contributed by atoms with Crippen LogP contribution in [0.15, 0.2) is 40.9 Å². The van der Waals surface area contributed by atoms with Crippen molar-refractivity contribution >= 4 is 38.8 Å². The predicted molar refractivity (Wildman–Crippen MR) is 131 cm³/mol. The van der Waals surface area contributed by atoms with Crippen LogP contribution >= 0.6 is 15.9 Å². The highest BCUT2D eigenvalue weighted by atomic mass is 79.9. The second-order valence-corrected chi connectivity index (χ2v) is 8.71. The number of nitrogens with zero attached hydrogens (tertiary/aromatic N) is 2. The standard InChI is InChI=1S/C25H27BrN2O6/c1-4-33-25(30)24-19-13-23(34-16(2)29)20(26)14-21(19)28(17-5-7-18(31-3)8-6-17)22(24)15-27-9-11-32-12-10-27/h5-8,13-14H,4,9-12,15H2,1-3H3. The minimum absolute atomic E-state index is 0.248. The van der Waals surface area contributed by atoms with E-state index in [-0.39, 0.29) is 6.61 Å². The third-order valence-electron chi connectivity index (χ3n) is 5.66. The van der Waals surface area contributed by atoms with Crippen molar-refractivity contribution in [2.45, 2.75) is 20.4 Å². The monoisotopic (exact) mass is 530 g/mol. The number of morpholine rings is 1.